The van der Waals surface area contributed by atoms with Crippen LogP contribution in [0.4, 0.5) is 0 Å². The summed E-state index contributed by atoms with van der Waals surface area (Å²) in [5.74, 6) is 3.46. The predicted octanol–water partition coefficient (Wildman–Crippen LogP) is 4.42. The van der Waals surface area contributed by atoms with E-state index in [1.807, 2.05) is 48.5 Å². The van der Waals surface area contributed by atoms with Crippen molar-refractivity contribution in [2.45, 2.75) is 13.2 Å². The van der Waals surface area contributed by atoms with Gasteiger partial charge in [0.25, 0.3) is 0 Å². The number of hydrogen-bond donors (Lipinski definition) is 1. The average molecular weight is 342 g/mol. The normalized spacial score (nSPS) is 10.9. The van der Waals surface area contributed by atoms with Crippen molar-refractivity contribution in [3.8, 4) is 18.1 Å². The first-order chi connectivity index (χ1) is 12.8. The van der Waals surface area contributed by atoms with Crippen molar-refractivity contribution in [2.24, 2.45) is 0 Å². The Morgan fingerprint density at radius 1 is 1.08 bits per heavy atom. The van der Waals surface area contributed by atoms with Crippen molar-refractivity contribution in [1.29, 1.82) is 0 Å². The second kappa shape index (κ2) is 6.91. The van der Waals surface area contributed by atoms with Crippen LogP contribution in [0.15, 0.2) is 54.7 Å². The number of terminal acetylenes is 1. The van der Waals surface area contributed by atoms with Gasteiger partial charge in [-0.05, 0) is 29.7 Å². The fraction of sp³-hybridized carbons (Fsp3) is 0.136. The Kier molecular flexibility index (Phi) is 4.30. The molecule has 0 saturated heterocycles. The molecular formula is C22H18N2O2. The monoisotopic (exact) mass is 342 g/mol. The molecule has 0 aliphatic rings. The molecule has 0 radical (unpaired) electrons. The number of nitrogens with one attached hydrogen (secondary N) is 1. The minimum absolute atomic E-state index is 0.409. The van der Waals surface area contributed by atoms with E-state index in [4.69, 9.17) is 15.9 Å². The van der Waals surface area contributed by atoms with Crippen LogP contribution in [0.2, 0.25) is 0 Å². The van der Waals surface area contributed by atoms with E-state index in [1.54, 1.807) is 13.3 Å². The van der Waals surface area contributed by atoms with E-state index in [9.17, 15) is 0 Å². The van der Waals surface area contributed by atoms with Crippen molar-refractivity contribution < 1.29 is 9.47 Å². The molecule has 0 amide bonds. The molecule has 26 heavy (non-hydrogen) atoms. The Balaban J connectivity index is 1.78. The van der Waals surface area contributed by atoms with Gasteiger partial charge in [0.05, 0.1) is 18.3 Å². The van der Waals surface area contributed by atoms with E-state index in [-0.39, 0.29) is 0 Å². The number of aromatic nitrogens is 2. The standard InChI is InChI=1S/C22H18N2O2/c1-3-19-18(14-25-2)22-17-11-16(26-13-15-7-5-4-6-8-15)9-10-20(17)24-21(22)12-23-19/h1,4-12,24H,13-14H2,2H3. The van der Waals surface area contributed by atoms with Crippen LogP contribution in [0, 0.1) is 12.3 Å². The summed E-state index contributed by atoms with van der Waals surface area (Å²) < 4.78 is 11.3. The van der Waals surface area contributed by atoms with Crippen molar-refractivity contribution in [3.63, 3.8) is 0 Å². The van der Waals surface area contributed by atoms with Gasteiger partial charge in [0, 0.05) is 29.0 Å². The maximum Gasteiger partial charge on any atom is 0.120 e. The number of benzene rings is 2. The van der Waals surface area contributed by atoms with E-state index in [0.29, 0.717) is 18.9 Å². The molecule has 0 bridgehead atoms. The molecule has 4 heteroatoms. The van der Waals surface area contributed by atoms with Crippen LogP contribution in [0.3, 0.4) is 0 Å². The van der Waals surface area contributed by atoms with Crippen molar-refractivity contribution in [3.05, 3.63) is 71.5 Å². The highest BCUT2D eigenvalue weighted by Gasteiger charge is 2.14. The van der Waals surface area contributed by atoms with Crippen LogP contribution in [0.25, 0.3) is 21.8 Å². The number of fused-ring (bicyclic) bond motifs is 3. The van der Waals surface area contributed by atoms with Crippen molar-refractivity contribution in [2.75, 3.05) is 7.11 Å². The van der Waals surface area contributed by atoms with Gasteiger partial charge in [-0.2, -0.15) is 0 Å². The molecule has 0 fully saturated rings. The summed E-state index contributed by atoms with van der Waals surface area (Å²) in [6.07, 6.45) is 7.40. The largest absolute Gasteiger partial charge is 0.489 e. The van der Waals surface area contributed by atoms with Crippen LogP contribution < -0.4 is 4.74 Å². The fourth-order valence-electron chi connectivity index (χ4n) is 3.18. The van der Waals surface area contributed by atoms with E-state index in [1.165, 1.54) is 0 Å². The van der Waals surface area contributed by atoms with Gasteiger partial charge in [0.15, 0.2) is 0 Å². The van der Waals surface area contributed by atoms with Gasteiger partial charge < -0.3 is 14.5 Å². The number of methoxy groups -OCH3 is 1. The van der Waals surface area contributed by atoms with E-state index < -0.39 is 0 Å². The zero-order valence-corrected chi connectivity index (χ0v) is 14.5. The molecule has 1 N–H and O–H groups in total. The first-order valence-corrected chi connectivity index (χ1v) is 8.35. The first-order valence-electron chi connectivity index (χ1n) is 8.35. The fourth-order valence-corrected chi connectivity index (χ4v) is 3.18. The van der Waals surface area contributed by atoms with Crippen LogP contribution in [0.1, 0.15) is 16.8 Å². The summed E-state index contributed by atoms with van der Waals surface area (Å²) in [6.45, 7) is 0.933. The smallest absolute Gasteiger partial charge is 0.120 e. The topological polar surface area (TPSA) is 47.1 Å². The lowest BCUT2D eigenvalue weighted by Gasteiger charge is -2.08. The molecule has 0 saturated carbocycles. The maximum atomic E-state index is 5.97. The highest BCUT2D eigenvalue weighted by Crippen LogP contribution is 2.32. The van der Waals surface area contributed by atoms with Crippen molar-refractivity contribution in [1.82, 2.24) is 9.97 Å². The summed E-state index contributed by atoms with van der Waals surface area (Å²) in [5.41, 5.74) is 4.60. The van der Waals surface area contributed by atoms with Gasteiger partial charge in [0.1, 0.15) is 18.1 Å². The van der Waals surface area contributed by atoms with Gasteiger partial charge in [-0.1, -0.05) is 30.3 Å². The molecule has 0 aliphatic carbocycles. The van der Waals surface area contributed by atoms with Gasteiger partial charge >= 0.3 is 0 Å². The number of aromatic amines is 1. The number of pyridine rings is 1. The second-order valence-corrected chi connectivity index (χ2v) is 6.06. The van der Waals surface area contributed by atoms with E-state index in [2.05, 4.69) is 15.9 Å². The summed E-state index contributed by atoms with van der Waals surface area (Å²) in [6, 6.07) is 16.1. The molecule has 4 aromatic rings. The van der Waals surface area contributed by atoms with Crippen LogP contribution in [-0.4, -0.2) is 17.1 Å². The molecule has 0 unspecified atom stereocenters. The molecular weight excluding hydrogens is 324 g/mol. The minimum Gasteiger partial charge on any atom is -0.489 e. The number of hydrogen-bond acceptors (Lipinski definition) is 3. The lowest BCUT2D eigenvalue weighted by Crippen LogP contribution is -1.97. The number of nitrogens with zero attached hydrogens (tertiary/aromatic N) is 1. The molecule has 4 nitrogen and oxygen atoms in total. The summed E-state index contributed by atoms with van der Waals surface area (Å²) in [4.78, 5) is 7.75. The Morgan fingerprint density at radius 3 is 2.69 bits per heavy atom. The Bertz CT molecular complexity index is 1110. The van der Waals surface area contributed by atoms with Gasteiger partial charge in [-0.25, -0.2) is 4.98 Å². The van der Waals surface area contributed by atoms with Gasteiger partial charge in [-0.3, -0.25) is 0 Å². The third-order valence-corrected chi connectivity index (χ3v) is 4.38. The number of rotatable bonds is 5. The molecule has 128 valence electrons. The Labute approximate surface area is 151 Å². The third-order valence-electron chi connectivity index (χ3n) is 4.38. The number of ether oxygens (including phenoxy) is 2. The first kappa shape index (κ1) is 16.2. The molecule has 0 atom stereocenters. The zero-order chi connectivity index (χ0) is 17.9. The SMILES string of the molecule is C#Cc1ncc2[nH]c3ccc(OCc4ccccc4)cc3c2c1COC. The summed E-state index contributed by atoms with van der Waals surface area (Å²) in [7, 11) is 1.66. The molecule has 2 aromatic heterocycles. The average Bonchev–Trinajstić information content (AvgIpc) is 3.06. The predicted molar refractivity (Wildman–Crippen MR) is 103 cm³/mol. The van der Waals surface area contributed by atoms with E-state index in [0.717, 1.165) is 38.7 Å². The zero-order valence-electron chi connectivity index (χ0n) is 14.5. The highest BCUT2D eigenvalue weighted by molar-refractivity contribution is 6.09. The molecule has 2 heterocycles. The second-order valence-electron chi connectivity index (χ2n) is 6.06. The lowest BCUT2D eigenvalue weighted by molar-refractivity contribution is 0.185. The van der Waals surface area contributed by atoms with Gasteiger partial charge in [0.2, 0.25) is 0 Å². The summed E-state index contributed by atoms with van der Waals surface area (Å²) in [5, 5.41) is 2.09. The van der Waals surface area contributed by atoms with Gasteiger partial charge in [-0.15, -0.1) is 6.42 Å². The number of H-pyrrole nitrogens is 1. The quantitative estimate of drug-likeness (QED) is 0.546. The lowest BCUT2D eigenvalue weighted by atomic mass is 10.1. The van der Waals surface area contributed by atoms with Crippen LogP contribution in [0.5, 0.6) is 5.75 Å². The van der Waals surface area contributed by atoms with E-state index >= 15 is 0 Å². The highest BCUT2D eigenvalue weighted by atomic mass is 16.5. The molecule has 0 aliphatic heterocycles. The Hall–Kier alpha value is -3.29. The third kappa shape index (κ3) is 2.90. The molecule has 4 rings (SSSR count). The molecule has 2 aromatic carbocycles. The minimum atomic E-state index is 0.409. The van der Waals surface area contributed by atoms with Crippen LogP contribution in [-0.2, 0) is 18.0 Å². The maximum absolute atomic E-state index is 5.97. The van der Waals surface area contributed by atoms with Crippen molar-refractivity contribution >= 4 is 21.8 Å². The summed E-state index contributed by atoms with van der Waals surface area (Å²) >= 11 is 0. The molecule has 0 spiro atoms. The van der Waals surface area contributed by atoms with Crippen LogP contribution >= 0.6 is 0 Å². The Morgan fingerprint density at radius 2 is 1.92 bits per heavy atom.